The lowest BCUT2D eigenvalue weighted by Gasteiger charge is -2.07. The van der Waals surface area contributed by atoms with Crippen molar-refractivity contribution in [2.75, 3.05) is 6.61 Å². The van der Waals surface area contributed by atoms with E-state index in [2.05, 4.69) is 6.07 Å². The molecule has 0 aliphatic carbocycles. The van der Waals surface area contributed by atoms with Gasteiger partial charge in [-0.1, -0.05) is 6.07 Å². The lowest BCUT2D eigenvalue weighted by atomic mass is 9.99. The van der Waals surface area contributed by atoms with Crippen LogP contribution in [-0.4, -0.2) is 16.3 Å². The minimum atomic E-state index is -0.636. The summed E-state index contributed by atoms with van der Waals surface area (Å²) in [5.74, 6) is -1.23. The van der Waals surface area contributed by atoms with Crippen LogP contribution in [0.3, 0.4) is 0 Å². The number of hydrogen-bond donors (Lipinski definition) is 1. The molecule has 3 aromatic rings. The highest BCUT2D eigenvalue weighted by molar-refractivity contribution is 5.97. The number of fused-ring (bicyclic) bond motifs is 1. The predicted molar refractivity (Wildman–Crippen MR) is 93.2 cm³/mol. The van der Waals surface area contributed by atoms with Crippen LogP contribution < -0.4 is 0 Å². The SMILES string of the molecule is Cc1cc2c(cc1C#N)c(-c1c(F)ccc(C)c1F)cn2CCCO. The summed E-state index contributed by atoms with van der Waals surface area (Å²) in [5.41, 5.74) is 2.77. The number of rotatable bonds is 4. The van der Waals surface area contributed by atoms with E-state index in [1.165, 1.54) is 12.1 Å². The van der Waals surface area contributed by atoms with Crippen LogP contribution >= 0.6 is 0 Å². The lowest BCUT2D eigenvalue weighted by Crippen LogP contribution is -1.98. The maximum absolute atomic E-state index is 14.6. The smallest absolute Gasteiger partial charge is 0.136 e. The van der Waals surface area contributed by atoms with Crippen molar-refractivity contribution < 1.29 is 13.9 Å². The minimum absolute atomic E-state index is 0.0252. The third-order valence-corrected chi connectivity index (χ3v) is 4.46. The van der Waals surface area contributed by atoms with E-state index in [1.54, 1.807) is 19.2 Å². The number of aliphatic hydroxyl groups excluding tert-OH is 1. The number of nitrogens with zero attached hydrogens (tertiary/aromatic N) is 2. The first kappa shape index (κ1) is 17.1. The highest BCUT2D eigenvalue weighted by Crippen LogP contribution is 2.36. The molecular weight excluding hydrogens is 322 g/mol. The van der Waals surface area contributed by atoms with Crippen LogP contribution in [0.2, 0.25) is 0 Å². The van der Waals surface area contributed by atoms with Crippen LogP contribution in [0.25, 0.3) is 22.0 Å². The van der Waals surface area contributed by atoms with Crippen molar-refractivity contribution in [2.24, 2.45) is 0 Å². The molecule has 25 heavy (non-hydrogen) atoms. The summed E-state index contributed by atoms with van der Waals surface area (Å²) in [5, 5.41) is 19.0. The fourth-order valence-corrected chi connectivity index (χ4v) is 3.09. The molecule has 0 spiro atoms. The maximum Gasteiger partial charge on any atom is 0.136 e. The van der Waals surface area contributed by atoms with Crippen LogP contribution in [0.15, 0.2) is 30.5 Å². The van der Waals surface area contributed by atoms with Gasteiger partial charge in [-0.25, -0.2) is 8.78 Å². The van der Waals surface area contributed by atoms with Gasteiger partial charge in [0.15, 0.2) is 0 Å². The summed E-state index contributed by atoms with van der Waals surface area (Å²) in [6, 6.07) is 8.31. The van der Waals surface area contributed by atoms with E-state index < -0.39 is 11.6 Å². The largest absolute Gasteiger partial charge is 0.396 e. The third-order valence-electron chi connectivity index (χ3n) is 4.46. The third kappa shape index (κ3) is 2.90. The van der Waals surface area contributed by atoms with Gasteiger partial charge >= 0.3 is 0 Å². The van der Waals surface area contributed by atoms with Crippen molar-refractivity contribution >= 4 is 10.9 Å². The van der Waals surface area contributed by atoms with Gasteiger partial charge in [0.25, 0.3) is 0 Å². The Bertz CT molecular complexity index is 999. The molecule has 2 aromatic carbocycles. The van der Waals surface area contributed by atoms with Gasteiger partial charge in [0.1, 0.15) is 11.6 Å². The van der Waals surface area contributed by atoms with Crippen LogP contribution in [-0.2, 0) is 6.54 Å². The fourth-order valence-electron chi connectivity index (χ4n) is 3.09. The lowest BCUT2D eigenvalue weighted by molar-refractivity contribution is 0.280. The van der Waals surface area contributed by atoms with E-state index in [0.717, 1.165) is 11.1 Å². The van der Waals surface area contributed by atoms with Crippen molar-refractivity contribution in [3.8, 4) is 17.2 Å². The second-order valence-corrected chi connectivity index (χ2v) is 6.16. The molecule has 1 heterocycles. The number of halogens is 2. The van der Waals surface area contributed by atoms with Gasteiger partial charge in [-0.3, -0.25) is 0 Å². The molecule has 1 aromatic heterocycles. The Morgan fingerprint density at radius 1 is 1.16 bits per heavy atom. The van der Waals surface area contributed by atoms with Gasteiger partial charge in [0.2, 0.25) is 0 Å². The Hall–Kier alpha value is -2.71. The van der Waals surface area contributed by atoms with Crippen LogP contribution in [0, 0.1) is 36.8 Å². The van der Waals surface area contributed by atoms with Gasteiger partial charge in [0, 0.05) is 35.8 Å². The fraction of sp³-hybridized carbons (Fsp3) is 0.250. The standard InChI is InChI=1S/C20H18F2N2O/c1-12-4-5-17(21)19(20(12)22)16-11-24(6-3-7-25)18-8-13(2)14(10-23)9-15(16)18/h4-5,8-9,11,25H,3,6-7H2,1-2H3. The zero-order valence-corrected chi connectivity index (χ0v) is 14.1. The topological polar surface area (TPSA) is 49.0 Å². The van der Waals surface area contributed by atoms with E-state index in [4.69, 9.17) is 5.11 Å². The summed E-state index contributed by atoms with van der Waals surface area (Å²) in [6.45, 7) is 3.97. The van der Waals surface area contributed by atoms with E-state index in [1.807, 2.05) is 17.6 Å². The van der Waals surface area contributed by atoms with E-state index in [9.17, 15) is 14.0 Å². The van der Waals surface area contributed by atoms with Gasteiger partial charge < -0.3 is 9.67 Å². The quantitative estimate of drug-likeness (QED) is 0.762. The van der Waals surface area contributed by atoms with Crippen LogP contribution in [0.4, 0.5) is 8.78 Å². The summed E-state index contributed by atoms with van der Waals surface area (Å²) in [4.78, 5) is 0. The summed E-state index contributed by atoms with van der Waals surface area (Å²) < 4.78 is 30.9. The normalized spacial score (nSPS) is 11.0. The number of aliphatic hydroxyl groups is 1. The molecule has 128 valence electrons. The number of nitriles is 1. The van der Waals surface area contributed by atoms with E-state index >= 15 is 0 Å². The monoisotopic (exact) mass is 340 g/mol. The van der Waals surface area contributed by atoms with Gasteiger partial charge in [-0.2, -0.15) is 5.26 Å². The Morgan fingerprint density at radius 3 is 2.60 bits per heavy atom. The molecule has 0 amide bonds. The molecule has 3 rings (SSSR count). The Labute approximate surface area is 144 Å². The van der Waals surface area contributed by atoms with Crippen molar-refractivity contribution in [1.29, 1.82) is 5.26 Å². The van der Waals surface area contributed by atoms with Crippen molar-refractivity contribution in [1.82, 2.24) is 4.57 Å². The first-order chi connectivity index (χ1) is 12.0. The Morgan fingerprint density at radius 2 is 1.92 bits per heavy atom. The van der Waals surface area contributed by atoms with Gasteiger partial charge in [-0.05, 0) is 49.6 Å². The number of hydrogen-bond acceptors (Lipinski definition) is 2. The van der Waals surface area contributed by atoms with Crippen molar-refractivity contribution in [2.45, 2.75) is 26.8 Å². The molecule has 0 bridgehead atoms. The zero-order chi connectivity index (χ0) is 18.1. The molecule has 0 unspecified atom stereocenters. The van der Waals surface area contributed by atoms with Crippen molar-refractivity contribution in [3.63, 3.8) is 0 Å². The summed E-state index contributed by atoms with van der Waals surface area (Å²) in [7, 11) is 0. The van der Waals surface area contributed by atoms with Crippen LogP contribution in [0.1, 0.15) is 23.1 Å². The number of benzene rings is 2. The second kappa shape index (κ2) is 6.66. The molecule has 0 saturated heterocycles. The highest BCUT2D eigenvalue weighted by atomic mass is 19.1. The summed E-state index contributed by atoms with van der Waals surface area (Å²) >= 11 is 0. The molecule has 0 radical (unpaired) electrons. The molecule has 0 fully saturated rings. The maximum atomic E-state index is 14.6. The minimum Gasteiger partial charge on any atom is -0.396 e. The molecule has 3 nitrogen and oxygen atoms in total. The zero-order valence-electron chi connectivity index (χ0n) is 14.1. The Balaban J connectivity index is 2.36. The molecule has 1 N–H and O–H groups in total. The predicted octanol–water partition coefficient (Wildman–Crippen LogP) is 4.46. The number of aromatic nitrogens is 1. The molecule has 0 aliphatic rings. The highest BCUT2D eigenvalue weighted by Gasteiger charge is 2.20. The molecule has 0 saturated carbocycles. The average Bonchev–Trinajstić information content (AvgIpc) is 2.93. The first-order valence-electron chi connectivity index (χ1n) is 8.07. The van der Waals surface area contributed by atoms with E-state index in [0.29, 0.717) is 35.0 Å². The van der Waals surface area contributed by atoms with Gasteiger partial charge in [0.05, 0.1) is 17.2 Å². The first-order valence-corrected chi connectivity index (χ1v) is 8.07. The van der Waals surface area contributed by atoms with Crippen LogP contribution in [0.5, 0.6) is 0 Å². The molecule has 0 atom stereocenters. The molecule has 0 aliphatic heterocycles. The second-order valence-electron chi connectivity index (χ2n) is 6.16. The molecular formula is C20H18F2N2O. The molecule has 5 heteroatoms. The Kier molecular flexibility index (Phi) is 4.56. The van der Waals surface area contributed by atoms with Gasteiger partial charge in [-0.15, -0.1) is 0 Å². The summed E-state index contributed by atoms with van der Waals surface area (Å²) in [6.07, 6.45) is 2.23. The average molecular weight is 340 g/mol. The van der Waals surface area contributed by atoms with E-state index in [-0.39, 0.29) is 12.2 Å². The number of aryl methyl sites for hydroxylation is 3. The van der Waals surface area contributed by atoms with Crippen molar-refractivity contribution in [3.05, 3.63) is 58.8 Å².